The van der Waals surface area contributed by atoms with Crippen LogP contribution in [0, 0.1) is 16.7 Å². The topological polar surface area (TPSA) is 91.2 Å². The zero-order valence-corrected chi connectivity index (χ0v) is 13.4. The van der Waals surface area contributed by atoms with E-state index < -0.39 is 10.0 Å². The molecule has 0 spiro atoms. The maximum Gasteiger partial charge on any atom is 0.240 e. The maximum atomic E-state index is 12.4. The first-order valence-electron chi connectivity index (χ1n) is 7.21. The van der Waals surface area contributed by atoms with E-state index in [9.17, 15) is 8.42 Å². The SMILES string of the molecule is COCC1(CNS(=O)(=O)c2ccc(C#N)cc2)CCNCC1. The van der Waals surface area contributed by atoms with Gasteiger partial charge < -0.3 is 10.1 Å². The molecule has 6 nitrogen and oxygen atoms in total. The minimum Gasteiger partial charge on any atom is -0.384 e. The van der Waals surface area contributed by atoms with Crippen molar-refractivity contribution in [1.82, 2.24) is 10.0 Å². The van der Waals surface area contributed by atoms with E-state index in [2.05, 4.69) is 10.0 Å². The number of hydrogen-bond acceptors (Lipinski definition) is 5. The Labute approximate surface area is 131 Å². The van der Waals surface area contributed by atoms with Gasteiger partial charge in [-0.15, -0.1) is 0 Å². The third-order valence-corrected chi connectivity index (χ3v) is 5.46. The van der Waals surface area contributed by atoms with Crippen molar-refractivity contribution >= 4 is 10.0 Å². The number of ether oxygens (including phenoxy) is 1. The van der Waals surface area contributed by atoms with Crippen LogP contribution in [0.2, 0.25) is 0 Å². The maximum absolute atomic E-state index is 12.4. The Morgan fingerprint density at radius 3 is 2.50 bits per heavy atom. The minimum atomic E-state index is -3.58. The van der Waals surface area contributed by atoms with E-state index in [1.165, 1.54) is 24.3 Å². The fourth-order valence-electron chi connectivity index (χ4n) is 2.68. The normalized spacial score (nSPS) is 17.8. The van der Waals surface area contributed by atoms with Crippen molar-refractivity contribution in [2.75, 3.05) is 33.4 Å². The average Bonchev–Trinajstić information content (AvgIpc) is 2.54. The van der Waals surface area contributed by atoms with Gasteiger partial charge >= 0.3 is 0 Å². The molecule has 1 aromatic carbocycles. The fourth-order valence-corrected chi connectivity index (χ4v) is 3.83. The Balaban J connectivity index is 2.08. The van der Waals surface area contributed by atoms with Crippen molar-refractivity contribution in [3.8, 4) is 6.07 Å². The van der Waals surface area contributed by atoms with E-state index in [1.54, 1.807) is 7.11 Å². The van der Waals surface area contributed by atoms with Gasteiger partial charge in [0.2, 0.25) is 10.0 Å². The van der Waals surface area contributed by atoms with Gasteiger partial charge in [-0.25, -0.2) is 13.1 Å². The lowest BCUT2D eigenvalue weighted by Crippen LogP contribution is -2.47. The molecule has 0 radical (unpaired) electrons. The molecule has 120 valence electrons. The number of hydrogen-bond donors (Lipinski definition) is 2. The molecule has 0 amide bonds. The molecule has 2 rings (SSSR count). The summed E-state index contributed by atoms with van der Waals surface area (Å²) >= 11 is 0. The molecule has 7 heteroatoms. The number of benzene rings is 1. The highest BCUT2D eigenvalue weighted by Gasteiger charge is 2.33. The summed E-state index contributed by atoms with van der Waals surface area (Å²) in [5, 5.41) is 12.0. The highest BCUT2D eigenvalue weighted by molar-refractivity contribution is 7.89. The molecule has 2 N–H and O–H groups in total. The first kappa shape index (κ1) is 16.9. The summed E-state index contributed by atoms with van der Waals surface area (Å²) in [6.45, 7) is 2.61. The van der Waals surface area contributed by atoms with Crippen LogP contribution >= 0.6 is 0 Å². The smallest absolute Gasteiger partial charge is 0.240 e. The second kappa shape index (κ2) is 7.20. The van der Waals surface area contributed by atoms with Crippen LogP contribution < -0.4 is 10.0 Å². The number of sulfonamides is 1. The molecule has 0 bridgehead atoms. The zero-order valence-electron chi connectivity index (χ0n) is 12.6. The highest BCUT2D eigenvalue weighted by Crippen LogP contribution is 2.28. The van der Waals surface area contributed by atoms with Gasteiger partial charge in [0.05, 0.1) is 23.1 Å². The van der Waals surface area contributed by atoms with Crippen LogP contribution in [0.4, 0.5) is 0 Å². The van der Waals surface area contributed by atoms with E-state index in [4.69, 9.17) is 10.00 Å². The van der Waals surface area contributed by atoms with E-state index in [0.717, 1.165) is 25.9 Å². The number of piperidine rings is 1. The van der Waals surface area contributed by atoms with Crippen molar-refractivity contribution in [2.45, 2.75) is 17.7 Å². The third kappa shape index (κ3) is 4.05. The van der Waals surface area contributed by atoms with Gasteiger partial charge in [0.25, 0.3) is 0 Å². The Hall–Kier alpha value is -1.46. The molecule has 0 saturated carbocycles. The Bertz CT molecular complexity index is 623. The molecular formula is C15H21N3O3S. The van der Waals surface area contributed by atoms with Crippen molar-refractivity contribution < 1.29 is 13.2 Å². The van der Waals surface area contributed by atoms with Gasteiger partial charge in [0.1, 0.15) is 0 Å². The van der Waals surface area contributed by atoms with Crippen LogP contribution in [-0.2, 0) is 14.8 Å². The van der Waals surface area contributed by atoms with Gasteiger partial charge in [-0.2, -0.15) is 5.26 Å². The van der Waals surface area contributed by atoms with Crippen LogP contribution in [0.15, 0.2) is 29.2 Å². The van der Waals surface area contributed by atoms with Crippen LogP contribution in [0.3, 0.4) is 0 Å². The molecule has 1 heterocycles. The summed E-state index contributed by atoms with van der Waals surface area (Å²) in [5.41, 5.74) is 0.271. The van der Waals surface area contributed by atoms with Crippen molar-refractivity contribution in [1.29, 1.82) is 5.26 Å². The van der Waals surface area contributed by atoms with E-state index >= 15 is 0 Å². The van der Waals surface area contributed by atoms with Crippen LogP contribution in [0.1, 0.15) is 18.4 Å². The lowest BCUT2D eigenvalue weighted by molar-refractivity contribution is 0.0577. The molecule has 0 aromatic heterocycles. The lowest BCUT2D eigenvalue weighted by atomic mass is 9.80. The molecule has 1 aromatic rings. The van der Waals surface area contributed by atoms with Gasteiger partial charge in [-0.05, 0) is 50.2 Å². The zero-order chi connectivity index (χ0) is 16.1. The van der Waals surface area contributed by atoms with Crippen LogP contribution in [-0.4, -0.2) is 41.8 Å². The van der Waals surface area contributed by atoms with Crippen molar-refractivity contribution in [3.05, 3.63) is 29.8 Å². The molecule has 1 saturated heterocycles. The molecule has 1 aliphatic rings. The Morgan fingerprint density at radius 1 is 1.32 bits per heavy atom. The summed E-state index contributed by atoms with van der Waals surface area (Å²) in [7, 11) is -1.94. The van der Waals surface area contributed by atoms with Crippen molar-refractivity contribution in [3.63, 3.8) is 0 Å². The standard InChI is InChI=1S/C15H21N3O3S/c1-21-12-15(6-8-17-9-7-15)11-18-22(19,20)14-4-2-13(10-16)3-5-14/h2-5,17-18H,6-9,11-12H2,1H3. The van der Waals surface area contributed by atoms with Crippen LogP contribution in [0.25, 0.3) is 0 Å². The predicted octanol–water partition coefficient (Wildman–Crippen LogP) is 0.853. The Kier molecular flexibility index (Phi) is 5.53. The molecule has 1 fully saturated rings. The fraction of sp³-hybridized carbons (Fsp3) is 0.533. The quantitative estimate of drug-likeness (QED) is 0.810. The van der Waals surface area contributed by atoms with Gasteiger partial charge in [-0.1, -0.05) is 0 Å². The third-order valence-electron chi connectivity index (χ3n) is 4.05. The monoisotopic (exact) mass is 323 g/mol. The summed E-state index contributed by atoms with van der Waals surface area (Å²) in [6, 6.07) is 7.88. The molecular weight excluding hydrogens is 302 g/mol. The summed E-state index contributed by atoms with van der Waals surface area (Å²) in [6.07, 6.45) is 1.74. The van der Waals surface area contributed by atoms with E-state index in [-0.39, 0.29) is 10.3 Å². The van der Waals surface area contributed by atoms with Crippen molar-refractivity contribution in [2.24, 2.45) is 5.41 Å². The first-order chi connectivity index (χ1) is 10.5. The average molecular weight is 323 g/mol. The highest BCUT2D eigenvalue weighted by atomic mass is 32.2. The number of nitrogens with one attached hydrogen (secondary N) is 2. The van der Waals surface area contributed by atoms with E-state index in [0.29, 0.717) is 18.7 Å². The van der Waals surface area contributed by atoms with Gasteiger partial charge in [0, 0.05) is 19.1 Å². The van der Waals surface area contributed by atoms with E-state index in [1.807, 2.05) is 6.07 Å². The second-order valence-electron chi connectivity index (χ2n) is 5.64. The number of rotatable bonds is 6. The number of nitriles is 1. The minimum absolute atomic E-state index is 0.167. The summed E-state index contributed by atoms with van der Waals surface area (Å²) in [5.74, 6) is 0. The molecule has 0 atom stereocenters. The molecule has 1 aliphatic heterocycles. The number of methoxy groups -OCH3 is 1. The lowest BCUT2D eigenvalue weighted by Gasteiger charge is -2.37. The summed E-state index contributed by atoms with van der Waals surface area (Å²) < 4.78 is 32.7. The van der Waals surface area contributed by atoms with Crippen LogP contribution in [0.5, 0.6) is 0 Å². The second-order valence-corrected chi connectivity index (χ2v) is 7.41. The molecule has 22 heavy (non-hydrogen) atoms. The molecule has 0 unspecified atom stereocenters. The van der Waals surface area contributed by atoms with Gasteiger partial charge in [0.15, 0.2) is 0 Å². The van der Waals surface area contributed by atoms with Gasteiger partial charge in [-0.3, -0.25) is 0 Å². The predicted molar refractivity (Wildman–Crippen MR) is 82.8 cm³/mol. The Morgan fingerprint density at radius 2 is 1.95 bits per heavy atom. The molecule has 0 aliphatic carbocycles. The largest absolute Gasteiger partial charge is 0.384 e. The number of nitrogens with zero attached hydrogens (tertiary/aromatic N) is 1. The first-order valence-corrected chi connectivity index (χ1v) is 8.69. The summed E-state index contributed by atoms with van der Waals surface area (Å²) in [4.78, 5) is 0.174.